The molecular formula is C18H18N4O4S. The molecule has 1 aliphatic rings. The van der Waals surface area contributed by atoms with E-state index in [4.69, 9.17) is 4.74 Å². The average molecular weight is 386 g/mol. The zero-order chi connectivity index (χ0) is 19.1. The molecule has 1 atom stereocenters. The molecule has 0 bridgehead atoms. The quantitative estimate of drug-likeness (QED) is 0.613. The van der Waals surface area contributed by atoms with Crippen LogP contribution in [0.1, 0.15) is 5.56 Å². The summed E-state index contributed by atoms with van der Waals surface area (Å²) in [6, 6.07) is 7.95. The molecular weight excluding hydrogens is 368 g/mol. The van der Waals surface area contributed by atoms with Crippen LogP contribution in [0, 0.1) is 0 Å². The number of thioether (sulfide) groups is 1. The van der Waals surface area contributed by atoms with Crippen LogP contribution >= 0.6 is 11.8 Å². The van der Waals surface area contributed by atoms with Gasteiger partial charge in [0.05, 0.1) is 12.9 Å². The third-order valence-electron chi connectivity index (χ3n) is 4.70. The number of esters is 1. The van der Waals surface area contributed by atoms with Gasteiger partial charge in [0.1, 0.15) is 11.9 Å². The van der Waals surface area contributed by atoms with Crippen LogP contribution in [0.5, 0.6) is 0 Å². The van der Waals surface area contributed by atoms with Crippen molar-refractivity contribution < 1.29 is 9.53 Å². The standard InChI is InChI=1S/C18H18N4O4S/c1-20-15-14(16(23)21(2)18(20)25)22(10-19-15)7-8-26-17(24)13-9-11-5-3-4-6-12(11)27-13/h3-6,10,13H,7-9H2,1-2H3. The fourth-order valence-electron chi connectivity index (χ4n) is 3.22. The molecule has 0 radical (unpaired) electrons. The van der Waals surface area contributed by atoms with E-state index in [0.29, 0.717) is 24.1 Å². The summed E-state index contributed by atoms with van der Waals surface area (Å²) < 4.78 is 9.40. The second-order valence-corrected chi connectivity index (χ2v) is 7.65. The Morgan fingerprint density at radius 1 is 1.26 bits per heavy atom. The second-order valence-electron chi connectivity index (χ2n) is 6.40. The molecule has 27 heavy (non-hydrogen) atoms. The van der Waals surface area contributed by atoms with Crippen LogP contribution in [0.4, 0.5) is 0 Å². The fraction of sp³-hybridized carbons (Fsp3) is 0.333. The Labute approximate surface area is 158 Å². The molecule has 0 saturated carbocycles. The van der Waals surface area contributed by atoms with Crippen molar-refractivity contribution in [2.45, 2.75) is 23.1 Å². The number of carbonyl (C=O) groups excluding carboxylic acids is 1. The van der Waals surface area contributed by atoms with Gasteiger partial charge in [-0.2, -0.15) is 0 Å². The minimum absolute atomic E-state index is 0.129. The van der Waals surface area contributed by atoms with Crippen molar-refractivity contribution in [1.29, 1.82) is 0 Å². The number of rotatable bonds is 4. The van der Waals surface area contributed by atoms with Crippen molar-refractivity contribution in [1.82, 2.24) is 18.7 Å². The summed E-state index contributed by atoms with van der Waals surface area (Å²) in [6.45, 7) is 0.420. The second kappa shape index (κ2) is 6.73. The summed E-state index contributed by atoms with van der Waals surface area (Å²) in [4.78, 5) is 42.0. The average Bonchev–Trinajstić information content (AvgIpc) is 3.29. The van der Waals surface area contributed by atoms with E-state index >= 15 is 0 Å². The molecule has 0 saturated heterocycles. The lowest BCUT2D eigenvalue weighted by molar-refractivity contribution is -0.143. The summed E-state index contributed by atoms with van der Waals surface area (Å²) in [7, 11) is 2.99. The molecule has 8 nitrogen and oxygen atoms in total. The maximum atomic E-state index is 12.4. The Bertz CT molecular complexity index is 1140. The molecule has 0 fully saturated rings. The maximum absolute atomic E-state index is 12.4. The van der Waals surface area contributed by atoms with Gasteiger partial charge in [-0.25, -0.2) is 9.78 Å². The number of carbonyl (C=O) groups is 1. The first-order valence-corrected chi connectivity index (χ1v) is 9.37. The lowest BCUT2D eigenvalue weighted by atomic mass is 10.1. The SMILES string of the molecule is Cn1c(=O)c2c(ncn2CCOC(=O)C2Cc3ccccc3S2)n(C)c1=O. The lowest BCUT2D eigenvalue weighted by Gasteiger charge is -2.10. The van der Waals surface area contributed by atoms with Gasteiger partial charge in [-0.3, -0.25) is 18.7 Å². The van der Waals surface area contributed by atoms with Crippen LogP contribution in [0.15, 0.2) is 45.1 Å². The molecule has 3 aromatic rings. The number of ether oxygens (including phenoxy) is 1. The molecule has 0 amide bonds. The van der Waals surface area contributed by atoms with Crippen molar-refractivity contribution in [3.8, 4) is 0 Å². The topological polar surface area (TPSA) is 88.1 Å². The predicted octanol–water partition coefficient (Wildman–Crippen LogP) is 0.694. The first kappa shape index (κ1) is 17.6. The summed E-state index contributed by atoms with van der Waals surface area (Å²) in [6.07, 6.45) is 2.15. The van der Waals surface area contributed by atoms with E-state index in [1.807, 2.05) is 24.3 Å². The Kier molecular flexibility index (Phi) is 4.39. The van der Waals surface area contributed by atoms with E-state index in [2.05, 4.69) is 4.98 Å². The molecule has 1 aromatic carbocycles. The van der Waals surface area contributed by atoms with Gasteiger partial charge < -0.3 is 9.30 Å². The summed E-state index contributed by atoms with van der Waals surface area (Å²) in [5.41, 5.74) is 0.949. The number of aryl methyl sites for hydroxylation is 1. The highest BCUT2D eigenvalue weighted by Crippen LogP contribution is 2.37. The van der Waals surface area contributed by atoms with Gasteiger partial charge >= 0.3 is 11.7 Å². The third kappa shape index (κ3) is 2.97. The molecule has 0 aliphatic carbocycles. The monoisotopic (exact) mass is 386 g/mol. The van der Waals surface area contributed by atoms with Crippen molar-refractivity contribution >= 4 is 28.9 Å². The van der Waals surface area contributed by atoms with Gasteiger partial charge in [0, 0.05) is 19.0 Å². The van der Waals surface area contributed by atoms with Crippen LogP contribution in [0.3, 0.4) is 0 Å². The third-order valence-corrected chi connectivity index (χ3v) is 6.00. The van der Waals surface area contributed by atoms with Crippen LogP contribution in [-0.4, -0.2) is 36.5 Å². The first-order valence-electron chi connectivity index (χ1n) is 8.49. The number of hydrogen-bond donors (Lipinski definition) is 0. The largest absolute Gasteiger partial charge is 0.463 e. The van der Waals surface area contributed by atoms with Crippen molar-refractivity contribution in [2.24, 2.45) is 14.1 Å². The summed E-state index contributed by atoms with van der Waals surface area (Å²) >= 11 is 1.52. The van der Waals surface area contributed by atoms with E-state index in [1.54, 1.807) is 11.6 Å². The highest BCUT2D eigenvalue weighted by molar-refractivity contribution is 8.01. The Hall–Kier alpha value is -2.81. The molecule has 2 aromatic heterocycles. The van der Waals surface area contributed by atoms with E-state index in [1.165, 1.54) is 29.7 Å². The van der Waals surface area contributed by atoms with Crippen LogP contribution in [0.25, 0.3) is 11.2 Å². The van der Waals surface area contributed by atoms with Gasteiger partial charge in [-0.15, -0.1) is 11.8 Å². The molecule has 1 unspecified atom stereocenters. The fourth-order valence-corrected chi connectivity index (χ4v) is 4.41. The molecule has 9 heteroatoms. The van der Waals surface area contributed by atoms with Crippen LogP contribution in [-0.2, 0) is 36.6 Å². The smallest absolute Gasteiger partial charge is 0.332 e. The van der Waals surface area contributed by atoms with Crippen molar-refractivity contribution in [3.63, 3.8) is 0 Å². The van der Waals surface area contributed by atoms with E-state index < -0.39 is 11.2 Å². The number of nitrogens with zero attached hydrogens (tertiary/aromatic N) is 4. The molecule has 3 heterocycles. The number of hydrogen-bond acceptors (Lipinski definition) is 6. The molecule has 1 aliphatic heterocycles. The number of benzene rings is 1. The summed E-state index contributed by atoms with van der Waals surface area (Å²) in [5, 5.41) is -0.240. The minimum atomic E-state index is -0.429. The minimum Gasteiger partial charge on any atom is -0.463 e. The number of fused-ring (bicyclic) bond motifs is 2. The Balaban J connectivity index is 1.45. The maximum Gasteiger partial charge on any atom is 0.332 e. The summed E-state index contributed by atoms with van der Waals surface area (Å²) in [5.74, 6) is -0.263. The number of aromatic nitrogens is 4. The van der Waals surface area contributed by atoms with Crippen LogP contribution < -0.4 is 11.2 Å². The zero-order valence-corrected chi connectivity index (χ0v) is 15.7. The van der Waals surface area contributed by atoms with Gasteiger partial charge in [-0.05, 0) is 18.1 Å². The first-order chi connectivity index (χ1) is 13.0. The van der Waals surface area contributed by atoms with Gasteiger partial charge in [0.2, 0.25) is 0 Å². The van der Waals surface area contributed by atoms with Gasteiger partial charge in [0.25, 0.3) is 5.56 Å². The molecule has 140 valence electrons. The van der Waals surface area contributed by atoms with E-state index in [9.17, 15) is 14.4 Å². The van der Waals surface area contributed by atoms with Crippen molar-refractivity contribution in [3.05, 3.63) is 57.0 Å². The van der Waals surface area contributed by atoms with Crippen molar-refractivity contribution in [2.75, 3.05) is 6.61 Å². The predicted molar refractivity (Wildman–Crippen MR) is 101 cm³/mol. The lowest BCUT2D eigenvalue weighted by Crippen LogP contribution is -2.37. The van der Waals surface area contributed by atoms with E-state index in [0.717, 1.165) is 15.0 Å². The Morgan fingerprint density at radius 2 is 2.04 bits per heavy atom. The number of imidazole rings is 1. The molecule has 4 rings (SSSR count). The Morgan fingerprint density at radius 3 is 2.81 bits per heavy atom. The van der Waals surface area contributed by atoms with Gasteiger partial charge in [0.15, 0.2) is 11.2 Å². The highest BCUT2D eigenvalue weighted by atomic mass is 32.2. The highest BCUT2D eigenvalue weighted by Gasteiger charge is 2.29. The zero-order valence-electron chi connectivity index (χ0n) is 14.9. The molecule has 0 spiro atoms. The normalized spacial score (nSPS) is 15.9. The van der Waals surface area contributed by atoms with Crippen LogP contribution in [0.2, 0.25) is 0 Å². The van der Waals surface area contributed by atoms with Gasteiger partial charge in [-0.1, -0.05) is 18.2 Å². The van der Waals surface area contributed by atoms with E-state index in [-0.39, 0.29) is 17.8 Å². The molecule has 0 N–H and O–H groups in total.